The molecule has 20 heavy (non-hydrogen) atoms. The number of nitrogens with one attached hydrogen (secondary N) is 1. The summed E-state index contributed by atoms with van der Waals surface area (Å²) < 4.78 is 21.0. The van der Waals surface area contributed by atoms with Gasteiger partial charge >= 0.3 is 0 Å². The molecule has 0 spiro atoms. The largest absolute Gasteiger partial charge is 0.451 e. The fourth-order valence-corrected chi connectivity index (χ4v) is 2.45. The van der Waals surface area contributed by atoms with Gasteiger partial charge in [-0.2, -0.15) is 5.10 Å². The standard InChI is InChI=1S/C15H18FN3O/c16-14-6-1-2-7-15(14)20-13-10-18-19(11-13)12-5-3-4-8-17-9-12/h1-2,6-7,10-12,17H,3-5,8-9H2. The van der Waals surface area contributed by atoms with Gasteiger partial charge in [0.1, 0.15) is 0 Å². The third-order valence-corrected chi connectivity index (χ3v) is 3.54. The predicted octanol–water partition coefficient (Wildman–Crippen LogP) is 3.13. The number of benzene rings is 1. The maximum atomic E-state index is 13.5. The van der Waals surface area contributed by atoms with Crippen LogP contribution in [-0.2, 0) is 0 Å². The Morgan fingerprint density at radius 1 is 1.30 bits per heavy atom. The van der Waals surface area contributed by atoms with Gasteiger partial charge in [0.15, 0.2) is 17.3 Å². The van der Waals surface area contributed by atoms with Crippen LogP contribution in [0, 0.1) is 5.82 Å². The summed E-state index contributed by atoms with van der Waals surface area (Å²) in [5.41, 5.74) is 0. The van der Waals surface area contributed by atoms with E-state index in [0.717, 1.165) is 19.5 Å². The Labute approximate surface area is 117 Å². The first kappa shape index (κ1) is 13.1. The molecule has 1 aromatic carbocycles. The summed E-state index contributed by atoms with van der Waals surface area (Å²) in [6.07, 6.45) is 6.98. The van der Waals surface area contributed by atoms with Crippen molar-refractivity contribution in [2.24, 2.45) is 0 Å². The quantitative estimate of drug-likeness (QED) is 0.935. The lowest BCUT2D eigenvalue weighted by Crippen LogP contribution is -2.23. The van der Waals surface area contributed by atoms with Gasteiger partial charge in [-0.25, -0.2) is 4.39 Å². The number of ether oxygens (including phenoxy) is 1. The van der Waals surface area contributed by atoms with Crippen molar-refractivity contribution in [3.8, 4) is 11.5 Å². The van der Waals surface area contributed by atoms with Crippen molar-refractivity contribution in [1.82, 2.24) is 15.1 Å². The number of rotatable bonds is 3. The van der Waals surface area contributed by atoms with E-state index in [4.69, 9.17) is 4.74 Å². The van der Waals surface area contributed by atoms with Crippen molar-refractivity contribution in [2.45, 2.75) is 25.3 Å². The highest BCUT2D eigenvalue weighted by atomic mass is 19.1. The second-order valence-corrected chi connectivity index (χ2v) is 5.04. The Morgan fingerprint density at radius 3 is 3.10 bits per heavy atom. The molecule has 1 unspecified atom stereocenters. The summed E-state index contributed by atoms with van der Waals surface area (Å²) in [7, 11) is 0. The van der Waals surface area contributed by atoms with E-state index in [9.17, 15) is 4.39 Å². The van der Waals surface area contributed by atoms with Crippen LogP contribution in [0.15, 0.2) is 36.7 Å². The minimum absolute atomic E-state index is 0.228. The van der Waals surface area contributed by atoms with Crippen LogP contribution in [0.25, 0.3) is 0 Å². The highest BCUT2D eigenvalue weighted by Gasteiger charge is 2.15. The predicted molar refractivity (Wildman–Crippen MR) is 74.5 cm³/mol. The number of hydrogen-bond donors (Lipinski definition) is 1. The summed E-state index contributed by atoms with van der Waals surface area (Å²) in [6, 6.07) is 6.73. The lowest BCUT2D eigenvalue weighted by Gasteiger charge is -2.14. The number of para-hydroxylation sites is 1. The molecule has 4 nitrogen and oxygen atoms in total. The summed E-state index contributed by atoms with van der Waals surface area (Å²) in [5.74, 6) is 0.432. The van der Waals surface area contributed by atoms with Gasteiger partial charge in [-0.15, -0.1) is 0 Å². The zero-order valence-corrected chi connectivity index (χ0v) is 11.3. The molecule has 0 radical (unpaired) electrons. The Balaban J connectivity index is 1.71. The third kappa shape index (κ3) is 2.99. The smallest absolute Gasteiger partial charge is 0.165 e. The Morgan fingerprint density at radius 2 is 2.20 bits per heavy atom. The number of hydrogen-bond acceptors (Lipinski definition) is 3. The molecule has 1 aliphatic heterocycles. The fraction of sp³-hybridized carbons (Fsp3) is 0.400. The number of halogens is 1. The van der Waals surface area contributed by atoms with Crippen molar-refractivity contribution < 1.29 is 9.13 Å². The average Bonchev–Trinajstić information content (AvgIpc) is 2.74. The summed E-state index contributed by atoms with van der Waals surface area (Å²) >= 11 is 0. The van der Waals surface area contributed by atoms with Gasteiger partial charge in [0.2, 0.25) is 0 Å². The first-order valence-corrected chi connectivity index (χ1v) is 7.00. The van der Waals surface area contributed by atoms with E-state index in [1.807, 2.05) is 10.9 Å². The van der Waals surface area contributed by atoms with E-state index < -0.39 is 0 Å². The van der Waals surface area contributed by atoms with Crippen LogP contribution < -0.4 is 10.1 Å². The molecular formula is C15H18FN3O. The molecule has 0 aliphatic carbocycles. The van der Waals surface area contributed by atoms with Gasteiger partial charge in [-0.05, 0) is 31.5 Å². The second kappa shape index (κ2) is 6.05. The van der Waals surface area contributed by atoms with Crippen LogP contribution in [-0.4, -0.2) is 22.9 Å². The van der Waals surface area contributed by atoms with E-state index in [1.165, 1.54) is 18.9 Å². The molecule has 1 saturated heterocycles. The molecule has 1 N–H and O–H groups in total. The van der Waals surface area contributed by atoms with Gasteiger partial charge in [0.25, 0.3) is 0 Å². The van der Waals surface area contributed by atoms with Crippen molar-refractivity contribution in [3.05, 3.63) is 42.5 Å². The normalized spacial score (nSPS) is 19.6. The SMILES string of the molecule is Fc1ccccc1Oc1cnn(C2CCCCNC2)c1. The Bertz CT molecular complexity index is 562. The van der Waals surface area contributed by atoms with E-state index in [2.05, 4.69) is 10.4 Å². The average molecular weight is 275 g/mol. The van der Waals surface area contributed by atoms with Gasteiger partial charge in [-0.1, -0.05) is 18.6 Å². The molecule has 2 heterocycles. The van der Waals surface area contributed by atoms with Crippen LogP contribution in [0.5, 0.6) is 11.5 Å². The zero-order valence-electron chi connectivity index (χ0n) is 11.3. The van der Waals surface area contributed by atoms with Crippen LogP contribution in [0.2, 0.25) is 0 Å². The first-order valence-electron chi connectivity index (χ1n) is 7.00. The van der Waals surface area contributed by atoms with Crippen molar-refractivity contribution in [2.75, 3.05) is 13.1 Å². The van der Waals surface area contributed by atoms with Gasteiger partial charge in [-0.3, -0.25) is 4.68 Å². The van der Waals surface area contributed by atoms with E-state index in [1.54, 1.807) is 24.4 Å². The number of nitrogens with zero attached hydrogens (tertiary/aromatic N) is 2. The minimum atomic E-state index is -0.364. The van der Waals surface area contributed by atoms with Gasteiger partial charge in [0, 0.05) is 6.54 Å². The molecule has 0 bridgehead atoms. The summed E-state index contributed by atoms with van der Waals surface area (Å²) in [4.78, 5) is 0. The molecular weight excluding hydrogens is 257 g/mol. The maximum absolute atomic E-state index is 13.5. The second-order valence-electron chi connectivity index (χ2n) is 5.04. The van der Waals surface area contributed by atoms with Crippen molar-refractivity contribution >= 4 is 0 Å². The summed E-state index contributed by atoms with van der Waals surface area (Å²) in [5, 5.41) is 7.74. The summed E-state index contributed by atoms with van der Waals surface area (Å²) in [6.45, 7) is 1.98. The van der Waals surface area contributed by atoms with Crippen LogP contribution >= 0.6 is 0 Å². The number of aromatic nitrogens is 2. The monoisotopic (exact) mass is 275 g/mol. The Kier molecular flexibility index (Phi) is 3.97. The lowest BCUT2D eigenvalue weighted by atomic mass is 10.1. The van der Waals surface area contributed by atoms with Gasteiger partial charge in [0.05, 0.1) is 18.4 Å². The van der Waals surface area contributed by atoms with Crippen LogP contribution in [0.4, 0.5) is 4.39 Å². The molecule has 0 saturated carbocycles. The topological polar surface area (TPSA) is 39.1 Å². The van der Waals surface area contributed by atoms with Crippen LogP contribution in [0.1, 0.15) is 25.3 Å². The van der Waals surface area contributed by atoms with E-state index in [-0.39, 0.29) is 11.6 Å². The molecule has 1 aromatic heterocycles. The van der Waals surface area contributed by atoms with Crippen molar-refractivity contribution in [3.63, 3.8) is 0 Å². The zero-order chi connectivity index (χ0) is 13.8. The molecule has 1 fully saturated rings. The molecule has 5 heteroatoms. The van der Waals surface area contributed by atoms with Crippen molar-refractivity contribution in [1.29, 1.82) is 0 Å². The third-order valence-electron chi connectivity index (χ3n) is 3.54. The lowest BCUT2D eigenvalue weighted by molar-refractivity contribution is 0.414. The van der Waals surface area contributed by atoms with Gasteiger partial charge < -0.3 is 10.1 Å². The molecule has 106 valence electrons. The fourth-order valence-electron chi connectivity index (χ4n) is 2.45. The molecule has 0 amide bonds. The van der Waals surface area contributed by atoms with E-state index >= 15 is 0 Å². The Hall–Kier alpha value is -1.88. The van der Waals surface area contributed by atoms with E-state index in [0.29, 0.717) is 11.8 Å². The van der Waals surface area contributed by atoms with Crippen LogP contribution in [0.3, 0.4) is 0 Å². The first-order chi connectivity index (χ1) is 9.83. The highest BCUT2D eigenvalue weighted by Crippen LogP contribution is 2.25. The molecule has 3 rings (SSSR count). The minimum Gasteiger partial charge on any atom is -0.451 e. The maximum Gasteiger partial charge on any atom is 0.165 e. The highest BCUT2D eigenvalue weighted by molar-refractivity contribution is 5.29. The molecule has 1 aliphatic rings. The molecule has 2 aromatic rings. The molecule has 1 atom stereocenters.